The maximum Gasteiger partial charge on any atom is 0.408 e. The van der Waals surface area contributed by atoms with Crippen LogP contribution in [0.1, 0.15) is 30.5 Å². The minimum absolute atomic E-state index is 0.171. The minimum Gasteiger partial charge on any atom is -0.445 e. The summed E-state index contributed by atoms with van der Waals surface area (Å²) in [5, 5.41) is 5.34. The van der Waals surface area contributed by atoms with Gasteiger partial charge in [0.1, 0.15) is 12.6 Å². The molecule has 0 fully saturated rings. The zero-order valence-electron chi connectivity index (χ0n) is 14.6. The lowest BCUT2D eigenvalue weighted by molar-refractivity contribution is -0.122. The van der Waals surface area contributed by atoms with E-state index in [-0.39, 0.29) is 12.5 Å². The van der Waals surface area contributed by atoms with Gasteiger partial charge in [0.25, 0.3) is 0 Å². The first-order chi connectivity index (χ1) is 12.1. The predicted molar refractivity (Wildman–Crippen MR) is 96.9 cm³/mol. The van der Waals surface area contributed by atoms with E-state index in [1.165, 1.54) is 5.56 Å². The van der Waals surface area contributed by atoms with Crippen LogP contribution >= 0.6 is 0 Å². The normalized spacial score (nSPS) is 11.4. The molecule has 132 valence electrons. The van der Waals surface area contributed by atoms with Crippen molar-refractivity contribution in [3.05, 3.63) is 71.3 Å². The van der Waals surface area contributed by atoms with Crippen LogP contribution in [-0.4, -0.2) is 18.0 Å². The summed E-state index contributed by atoms with van der Waals surface area (Å²) in [6.45, 7) is 4.32. The molecule has 0 aliphatic heterocycles. The fraction of sp³-hybridized carbons (Fsp3) is 0.300. The van der Waals surface area contributed by atoms with Crippen LogP contribution in [0, 0.1) is 0 Å². The summed E-state index contributed by atoms with van der Waals surface area (Å²) in [6.07, 6.45) is 0.373. The lowest BCUT2D eigenvalue weighted by Crippen LogP contribution is -2.44. The molecule has 0 saturated heterocycles. The first-order valence-electron chi connectivity index (χ1n) is 8.41. The Kier molecular flexibility index (Phi) is 7.01. The maximum atomic E-state index is 12.1. The van der Waals surface area contributed by atoms with Crippen molar-refractivity contribution in [3.63, 3.8) is 0 Å². The van der Waals surface area contributed by atoms with Crippen molar-refractivity contribution < 1.29 is 14.3 Å². The van der Waals surface area contributed by atoms with Crippen molar-refractivity contribution in [3.8, 4) is 0 Å². The summed E-state index contributed by atoms with van der Waals surface area (Å²) in [5.41, 5.74) is 3.17. The predicted octanol–water partition coefficient (Wildman–Crippen LogP) is 3.18. The molecular weight excluding hydrogens is 316 g/mol. The van der Waals surface area contributed by atoms with Gasteiger partial charge in [-0.05, 0) is 30.0 Å². The number of rotatable bonds is 7. The van der Waals surface area contributed by atoms with E-state index in [1.54, 1.807) is 6.92 Å². The Morgan fingerprint density at radius 3 is 2.24 bits per heavy atom. The lowest BCUT2D eigenvalue weighted by atomic mass is 10.1. The monoisotopic (exact) mass is 340 g/mol. The third-order valence-electron chi connectivity index (χ3n) is 3.84. The summed E-state index contributed by atoms with van der Waals surface area (Å²) in [5.74, 6) is -0.253. The first-order valence-corrected chi connectivity index (χ1v) is 8.41. The second-order valence-electron chi connectivity index (χ2n) is 5.82. The number of alkyl carbamates (subject to hydrolysis) is 1. The van der Waals surface area contributed by atoms with Gasteiger partial charge in [-0.15, -0.1) is 0 Å². The summed E-state index contributed by atoms with van der Waals surface area (Å²) >= 11 is 0. The van der Waals surface area contributed by atoms with Gasteiger partial charge < -0.3 is 15.4 Å². The Bertz CT molecular complexity index is 684. The molecule has 1 atom stereocenters. The quantitative estimate of drug-likeness (QED) is 0.813. The Hall–Kier alpha value is -2.82. The van der Waals surface area contributed by atoms with E-state index in [4.69, 9.17) is 4.74 Å². The largest absolute Gasteiger partial charge is 0.445 e. The minimum atomic E-state index is -0.668. The molecule has 0 aliphatic carbocycles. The number of carbonyl (C=O) groups is 2. The average molecular weight is 340 g/mol. The van der Waals surface area contributed by atoms with Crippen LogP contribution in [0.2, 0.25) is 0 Å². The second kappa shape index (κ2) is 9.47. The number of benzene rings is 2. The van der Waals surface area contributed by atoms with Crippen molar-refractivity contribution in [2.75, 3.05) is 0 Å². The van der Waals surface area contributed by atoms with Crippen LogP contribution < -0.4 is 10.6 Å². The maximum absolute atomic E-state index is 12.1. The molecule has 5 heteroatoms. The fourth-order valence-corrected chi connectivity index (χ4v) is 2.24. The van der Waals surface area contributed by atoms with E-state index >= 15 is 0 Å². The zero-order chi connectivity index (χ0) is 18.1. The van der Waals surface area contributed by atoms with Crippen LogP contribution in [0.4, 0.5) is 4.79 Å². The van der Waals surface area contributed by atoms with Crippen molar-refractivity contribution in [1.82, 2.24) is 10.6 Å². The van der Waals surface area contributed by atoms with E-state index in [9.17, 15) is 9.59 Å². The van der Waals surface area contributed by atoms with E-state index in [1.807, 2.05) is 54.6 Å². The highest BCUT2D eigenvalue weighted by Crippen LogP contribution is 2.05. The lowest BCUT2D eigenvalue weighted by Gasteiger charge is -2.14. The molecule has 5 nitrogen and oxygen atoms in total. The van der Waals surface area contributed by atoms with Gasteiger partial charge in [0, 0.05) is 6.54 Å². The van der Waals surface area contributed by atoms with Gasteiger partial charge in [-0.1, -0.05) is 61.5 Å². The topological polar surface area (TPSA) is 67.4 Å². The van der Waals surface area contributed by atoms with Crippen LogP contribution in [0.25, 0.3) is 0 Å². The molecule has 0 unspecified atom stereocenters. The van der Waals surface area contributed by atoms with E-state index in [2.05, 4.69) is 17.6 Å². The van der Waals surface area contributed by atoms with Gasteiger partial charge in [0.15, 0.2) is 0 Å². The average Bonchev–Trinajstić information content (AvgIpc) is 2.65. The van der Waals surface area contributed by atoms with Gasteiger partial charge in [-0.2, -0.15) is 0 Å². The van der Waals surface area contributed by atoms with E-state index in [0.29, 0.717) is 6.54 Å². The summed E-state index contributed by atoms with van der Waals surface area (Å²) in [6, 6.07) is 16.8. The standard InChI is InChI=1S/C20H24N2O3/c1-3-16-9-11-17(12-10-16)13-21-19(23)15(2)22-20(24)25-14-18-7-5-4-6-8-18/h4-12,15H,3,13-14H2,1-2H3,(H,21,23)(H,22,24)/t15-/m0/s1. The second-order valence-corrected chi connectivity index (χ2v) is 5.82. The van der Waals surface area contributed by atoms with Crippen LogP contribution in [-0.2, 0) is 29.1 Å². The van der Waals surface area contributed by atoms with Crippen molar-refractivity contribution >= 4 is 12.0 Å². The van der Waals surface area contributed by atoms with Gasteiger partial charge in [0.05, 0.1) is 0 Å². The van der Waals surface area contributed by atoms with Crippen LogP contribution in [0.5, 0.6) is 0 Å². The fourth-order valence-electron chi connectivity index (χ4n) is 2.24. The third-order valence-corrected chi connectivity index (χ3v) is 3.84. The molecule has 2 aromatic carbocycles. The van der Waals surface area contributed by atoms with Crippen molar-refractivity contribution in [2.24, 2.45) is 0 Å². The molecule has 0 spiro atoms. The molecular formula is C20H24N2O3. The molecule has 0 heterocycles. The SMILES string of the molecule is CCc1ccc(CNC(=O)[C@H](C)NC(=O)OCc2ccccc2)cc1. The molecule has 0 radical (unpaired) electrons. The molecule has 2 N–H and O–H groups in total. The van der Waals surface area contributed by atoms with E-state index in [0.717, 1.165) is 17.5 Å². The number of amides is 2. The number of nitrogens with one attached hydrogen (secondary N) is 2. The van der Waals surface area contributed by atoms with Crippen LogP contribution in [0.15, 0.2) is 54.6 Å². The molecule has 2 amide bonds. The molecule has 2 rings (SSSR count). The van der Waals surface area contributed by atoms with Gasteiger partial charge >= 0.3 is 6.09 Å². The van der Waals surface area contributed by atoms with Gasteiger partial charge in [0.2, 0.25) is 5.91 Å². The number of ether oxygens (including phenoxy) is 1. The summed E-state index contributed by atoms with van der Waals surface area (Å²) < 4.78 is 5.11. The highest BCUT2D eigenvalue weighted by molar-refractivity contribution is 5.85. The van der Waals surface area contributed by atoms with Gasteiger partial charge in [-0.3, -0.25) is 4.79 Å². The Balaban J connectivity index is 1.72. The molecule has 25 heavy (non-hydrogen) atoms. The van der Waals surface area contributed by atoms with Gasteiger partial charge in [-0.25, -0.2) is 4.79 Å². The molecule has 0 bridgehead atoms. The van der Waals surface area contributed by atoms with Crippen molar-refractivity contribution in [1.29, 1.82) is 0 Å². The number of hydrogen-bond donors (Lipinski definition) is 2. The Morgan fingerprint density at radius 2 is 1.60 bits per heavy atom. The molecule has 2 aromatic rings. The number of carbonyl (C=O) groups excluding carboxylic acids is 2. The molecule has 0 aromatic heterocycles. The molecule has 0 saturated carbocycles. The smallest absolute Gasteiger partial charge is 0.408 e. The summed E-state index contributed by atoms with van der Waals surface area (Å²) in [7, 11) is 0. The first kappa shape index (κ1) is 18.5. The van der Waals surface area contributed by atoms with Crippen molar-refractivity contribution in [2.45, 2.75) is 39.5 Å². The highest BCUT2D eigenvalue weighted by atomic mass is 16.5. The number of aryl methyl sites for hydroxylation is 1. The highest BCUT2D eigenvalue weighted by Gasteiger charge is 2.16. The third kappa shape index (κ3) is 6.30. The Labute approximate surface area is 148 Å². The van der Waals surface area contributed by atoms with Crippen LogP contribution in [0.3, 0.4) is 0 Å². The summed E-state index contributed by atoms with van der Waals surface area (Å²) in [4.78, 5) is 23.8. The molecule has 0 aliphatic rings. The Morgan fingerprint density at radius 1 is 0.960 bits per heavy atom. The van der Waals surface area contributed by atoms with E-state index < -0.39 is 12.1 Å². The number of hydrogen-bond acceptors (Lipinski definition) is 3. The zero-order valence-corrected chi connectivity index (χ0v) is 14.6.